The Hall–Kier alpha value is -1.31. The van der Waals surface area contributed by atoms with E-state index in [9.17, 15) is 10.1 Å². The van der Waals surface area contributed by atoms with E-state index in [1.54, 1.807) is 18.3 Å². The van der Waals surface area contributed by atoms with Crippen molar-refractivity contribution in [3.05, 3.63) is 66.8 Å². The maximum absolute atomic E-state index is 10.7. The van der Waals surface area contributed by atoms with E-state index >= 15 is 0 Å². The lowest BCUT2D eigenvalue weighted by molar-refractivity contribution is -0.384. The van der Waals surface area contributed by atoms with Crippen LogP contribution in [0.3, 0.4) is 0 Å². The van der Waals surface area contributed by atoms with E-state index in [2.05, 4.69) is 42.2 Å². The number of nitrogens with zero attached hydrogens (tertiary/aromatic N) is 2. The molecule has 1 N–H and O–H groups in total. The standard InChI is InChI=1S/C13H11Br2N3O2/c14-10-5-12(15)13(17-7-10)8-16-6-9-2-1-3-11(4-9)18(19)20/h1-5,7,16H,6,8H2. The zero-order chi connectivity index (χ0) is 14.5. The van der Waals surface area contributed by atoms with E-state index in [4.69, 9.17) is 0 Å². The minimum absolute atomic E-state index is 0.104. The highest BCUT2D eigenvalue weighted by Crippen LogP contribution is 2.19. The van der Waals surface area contributed by atoms with Gasteiger partial charge in [0.25, 0.3) is 5.69 Å². The molecule has 20 heavy (non-hydrogen) atoms. The second kappa shape index (κ2) is 6.92. The van der Waals surface area contributed by atoms with Gasteiger partial charge in [-0.25, -0.2) is 0 Å². The van der Waals surface area contributed by atoms with E-state index < -0.39 is 4.92 Å². The topological polar surface area (TPSA) is 68.1 Å². The van der Waals surface area contributed by atoms with E-state index in [1.165, 1.54) is 6.07 Å². The number of hydrogen-bond donors (Lipinski definition) is 1. The van der Waals surface area contributed by atoms with Crippen molar-refractivity contribution < 1.29 is 4.92 Å². The molecule has 0 radical (unpaired) electrons. The molecular weight excluding hydrogens is 390 g/mol. The molecule has 0 atom stereocenters. The first-order chi connectivity index (χ1) is 9.56. The van der Waals surface area contributed by atoms with Crippen LogP contribution in [-0.2, 0) is 13.1 Å². The third-order valence-corrected chi connectivity index (χ3v) is 3.75. The fraction of sp³-hybridized carbons (Fsp3) is 0.154. The van der Waals surface area contributed by atoms with Crippen molar-refractivity contribution >= 4 is 37.5 Å². The van der Waals surface area contributed by atoms with Crippen LogP contribution in [0.5, 0.6) is 0 Å². The molecule has 0 saturated carbocycles. The fourth-order valence-corrected chi connectivity index (χ4v) is 2.81. The number of hydrogen-bond acceptors (Lipinski definition) is 4. The van der Waals surface area contributed by atoms with Crippen LogP contribution in [0, 0.1) is 10.1 Å². The lowest BCUT2D eigenvalue weighted by Crippen LogP contribution is -2.14. The van der Waals surface area contributed by atoms with Gasteiger partial charge in [-0.15, -0.1) is 0 Å². The van der Waals surface area contributed by atoms with Crippen LogP contribution in [0.1, 0.15) is 11.3 Å². The molecule has 0 aliphatic carbocycles. The Morgan fingerprint density at radius 1 is 1.25 bits per heavy atom. The predicted molar refractivity (Wildman–Crippen MR) is 83.3 cm³/mol. The van der Waals surface area contributed by atoms with Crippen LogP contribution in [-0.4, -0.2) is 9.91 Å². The van der Waals surface area contributed by atoms with Crippen molar-refractivity contribution in [1.29, 1.82) is 0 Å². The number of aromatic nitrogens is 1. The summed E-state index contributed by atoms with van der Waals surface area (Å²) in [7, 11) is 0. The normalized spacial score (nSPS) is 10.5. The van der Waals surface area contributed by atoms with Gasteiger partial charge in [-0.3, -0.25) is 15.1 Å². The zero-order valence-electron chi connectivity index (χ0n) is 10.3. The van der Waals surface area contributed by atoms with E-state index in [1.807, 2.05) is 12.1 Å². The van der Waals surface area contributed by atoms with E-state index in [0.29, 0.717) is 13.1 Å². The van der Waals surface area contributed by atoms with Crippen molar-refractivity contribution in [1.82, 2.24) is 10.3 Å². The first-order valence-electron chi connectivity index (χ1n) is 5.80. The Morgan fingerprint density at radius 3 is 2.75 bits per heavy atom. The molecule has 7 heteroatoms. The van der Waals surface area contributed by atoms with Crippen molar-refractivity contribution in [2.24, 2.45) is 0 Å². The van der Waals surface area contributed by atoms with Crippen LogP contribution >= 0.6 is 31.9 Å². The van der Waals surface area contributed by atoms with Crippen LogP contribution in [0.4, 0.5) is 5.69 Å². The molecule has 0 spiro atoms. The SMILES string of the molecule is O=[N+]([O-])c1cccc(CNCc2ncc(Br)cc2Br)c1. The zero-order valence-corrected chi connectivity index (χ0v) is 13.5. The van der Waals surface area contributed by atoms with Gasteiger partial charge in [0.2, 0.25) is 0 Å². The second-order valence-electron chi connectivity index (χ2n) is 4.11. The molecule has 0 saturated heterocycles. The van der Waals surface area contributed by atoms with Crippen LogP contribution in [0.15, 0.2) is 45.5 Å². The molecule has 1 heterocycles. The van der Waals surface area contributed by atoms with Gasteiger partial charge in [-0.2, -0.15) is 0 Å². The number of rotatable bonds is 5. The maximum atomic E-state index is 10.7. The Labute approximate surface area is 132 Å². The Kier molecular flexibility index (Phi) is 5.22. The van der Waals surface area contributed by atoms with Gasteiger partial charge >= 0.3 is 0 Å². The van der Waals surface area contributed by atoms with Crippen molar-refractivity contribution in [2.45, 2.75) is 13.1 Å². The fourth-order valence-electron chi connectivity index (χ4n) is 1.68. The Balaban J connectivity index is 1.96. The molecule has 1 aromatic heterocycles. The molecule has 104 valence electrons. The van der Waals surface area contributed by atoms with Gasteiger partial charge in [-0.05, 0) is 43.5 Å². The summed E-state index contributed by atoms with van der Waals surface area (Å²) in [4.78, 5) is 14.6. The summed E-state index contributed by atoms with van der Waals surface area (Å²) in [6.07, 6.45) is 1.73. The first kappa shape index (κ1) is 15.1. The van der Waals surface area contributed by atoms with E-state index in [0.717, 1.165) is 20.2 Å². The number of nitrogens with one attached hydrogen (secondary N) is 1. The summed E-state index contributed by atoms with van der Waals surface area (Å²) in [5.74, 6) is 0. The van der Waals surface area contributed by atoms with Gasteiger partial charge in [0.15, 0.2) is 0 Å². The lowest BCUT2D eigenvalue weighted by Gasteiger charge is -2.06. The minimum atomic E-state index is -0.392. The molecule has 1 aromatic carbocycles. The Morgan fingerprint density at radius 2 is 2.05 bits per heavy atom. The molecular formula is C13H11Br2N3O2. The smallest absolute Gasteiger partial charge is 0.269 e. The van der Waals surface area contributed by atoms with Gasteiger partial charge in [-0.1, -0.05) is 12.1 Å². The third-order valence-electron chi connectivity index (χ3n) is 2.63. The molecule has 0 aliphatic heterocycles. The van der Waals surface area contributed by atoms with Gasteiger partial charge in [0, 0.05) is 40.4 Å². The van der Waals surface area contributed by atoms with Crippen LogP contribution in [0.25, 0.3) is 0 Å². The van der Waals surface area contributed by atoms with Gasteiger partial charge < -0.3 is 5.32 Å². The summed E-state index contributed by atoms with van der Waals surface area (Å²) in [6, 6.07) is 8.51. The lowest BCUT2D eigenvalue weighted by atomic mass is 10.2. The largest absolute Gasteiger partial charge is 0.307 e. The van der Waals surface area contributed by atoms with Gasteiger partial charge in [0.05, 0.1) is 10.6 Å². The first-order valence-corrected chi connectivity index (χ1v) is 7.39. The van der Waals surface area contributed by atoms with Crippen LogP contribution in [0.2, 0.25) is 0 Å². The maximum Gasteiger partial charge on any atom is 0.269 e. The molecule has 5 nitrogen and oxygen atoms in total. The minimum Gasteiger partial charge on any atom is -0.307 e. The van der Waals surface area contributed by atoms with Crippen molar-refractivity contribution in [2.75, 3.05) is 0 Å². The molecule has 0 amide bonds. The Bertz CT molecular complexity index is 635. The van der Waals surface area contributed by atoms with Crippen LogP contribution < -0.4 is 5.32 Å². The highest BCUT2D eigenvalue weighted by Gasteiger charge is 2.06. The molecule has 0 aliphatic rings. The molecule has 0 unspecified atom stereocenters. The number of non-ortho nitro benzene ring substituents is 1. The monoisotopic (exact) mass is 399 g/mol. The highest BCUT2D eigenvalue weighted by atomic mass is 79.9. The second-order valence-corrected chi connectivity index (χ2v) is 5.88. The summed E-state index contributed by atoms with van der Waals surface area (Å²) in [5.41, 5.74) is 1.86. The summed E-state index contributed by atoms with van der Waals surface area (Å²) >= 11 is 6.79. The number of pyridine rings is 1. The summed E-state index contributed by atoms with van der Waals surface area (Å²) < 4.78 is 1.82. The molecule has 0 fully saturated rings. The van der Waals surface area contributed by atoms with E-state index in [-0.39, 0.29) is 5.69 Å². The van der Waals surface area contributed by atoms with Gasteiger partial charge in [0.1, 0.15) is 0 Å². The highest BCUT2D eigenvalue weighted by molar-refractivity contribution is 9.11. The molecule has 2 aromatic rings. The number of benzene rings is 1. The summed E-state index contributed by atoms with van der Waals surface area (Å²) in [6.45, 7) is 1.13. The molecule has 0 bridgehead atoms. The van der Waals surface area contributed by atoms with Crippen molar-refractivity contribution in [3.63, 3.8) is 0 Å². The number of nitro groups is 1. The number of nitro benzene ring substituents is 1. The quantitative estimate of drug-likeness (QED) is 0.612. The van der Waals surface area contributed by atoms with Crippen molar-refractivity contribution in [3.8, 4) is 0 Å². The summed E-state index contributed by atoms with van der Waals surface area (Å²) in [5, 5.41) is 13.9. The third kappa shape index (κ3) is 4.09. The average Bonchev–Trinajstić information content (AvgIpc) is 2.41. The predicted octanol–water partition coefficient (Wildman–Crippen LogP) is 3.80. The molecule has 2 rings (SSSR count). The number of halogens is 2. The average molecular weight is 401 g/mol.